The third-order valence-electron chi connectivity index (χ3n) is 5.63. The highest BCUT2D eigenvalue weighted by atomic mass is 16.6. The molecule has 0 saturated carbocycles. The molecule has 35 heavy (non-hydrogen) atoms. The van der Waals surface area contributed by atoms with Crippen LogP contribution >= 0.6 is 0 Å². The molecule has 7 nitrogen and oxygen atoms in total. The first-order chi connectivity index (χ1) is 17.0. The van der Waals surface area contributed by atoms with Crippen molar-refractivity contribution in [3.8, 4) is 29.1 Å². The van der Waals surface area contributed by atoms with E-state index in [0.717, 1.165) is 23.3 Å². The Labute approximate surface area is 204 Å². The minimum absolute atomic E-state index is 0.0150. The number of nitrogens with two attached hydrogens (primary N) is 1. The lowest BCUT2D eigenvalue weighted by atomic mass is 9.83. The molecule has 1 atom stereocenters. The lowest BCUT2D eigenvalue weighted by molar-refractivity contribution is -0.136. The summed E-state index contributed by atoms with van der Waals surface area (Å²) in [7, 11) is 0. The molecular weight excluding hydrogens is 444 g/mol. The van der Waals surface area contributed by atoms with Gasteiger partial charge < -0.3 is 24.7 Å². The molecule has 1 heterocycles. The quantitative estimate of drug-likeness (QED) is 0.371. The van der Waals surface area contributed by atoms with Crippen molar-refractivity contribution in [3.63, 3.8) is 0 Å². The number of aryl methyl sites for hydroxylation is 1. The monoisotopic (exact) mass is 470 g/mol. The van der Waals surface area contributed by atoms with Crippen LogP contribution in [0.4, 0.5) is 0 Å². The molecule has 0 spiro atoms. The number of hydrogen-bond donors (Lipinski definition) is 1. The number of hydrogen-bond acceptors (Lipinski definition) is 7. The van der Waals surface area contributed by atoms with Crippen LogP contribution in [0, 0.1) is 11.3 Å². The Balaban J connectivity index is 1.50. The Kier molecular flexibility index (Phi) is 7.22. The van der Waals surface area contributed by atoms with Gasteiger partial charge in [-0.05, 0) is 54.8 Å². The summed E-state index contributed by atoms with van der Waals surface area (Å²) in [5.74, 6) is 1.08. The third kappa shape index (κ3) is 5.39. The SMILES string of the molecule is CCOc1ccc(C2C(C#N)=C(N)Oc3cc(OC(=O)COc4ccc(CC)cc4)ccc32)cc1. The van der Waals surface area contributed by atoms with Crippen LogP contribution in [0.5, 0.6) is 23.0 Å². The Morgan fingerprint density at radius 2 is 1.63 bits per heavy atom. The fraction of sp³-hybridized carbons (Fsp3) is 0.214. The molecule has 0 aromatic heterocycles. The van der Waals surface area contributed by atoms with E-state index >= 15 is 0 Å². The summed E-state index contributed by atoms with van der Waals surface area (Å²) >= 11 is 0. The van der Waals surface area contributed by atoms with E-state index in [1.54, 1.807) is 18.2 Å². The average Bonchev–Trinajstić information content (AvgIpc) is 2.87. The first-order valence-corrected chi connectivity index (χ1v) is 11.4. The van der Waals surface area contributed by atoms with E-state index in [1.165, 1.54) is 5.56 Å². The molecule has 1 aliphatic heterocycles. The van der Waals surface area contributed by atoms with Gasteiger partial charge in [-0.3, -0.25) is 0 Å². The lowest BCUT2D eigenvalue weighted by Crippen LogP contribution is -2.21. The van der Waals surface area contributed by atoms with E-state index in [9.17, 15) is 10.1 Å². The van der Waals surface area contributed by atoms with Crippen LogP contribution in [0.15, 0.2) is 78.2 Å². The summed E-state index contributed by atoms with van der Waals surface area (Å²) in [6.45, 7) is 4.31. The van der Waals surface area contributed by atoms with Crippen molar-refractivity contribution in [1.29, 1.82) is 5.26 Å². The predicted molar refractivity (Wildman–Crippen MR) is 130 cm³/mol. The molecule has 0 aliphatic carbocycles. The smallest absolute Gasteiger partial charge is 0.349 e. The molecule has 0 saturated heterocycles. The van der Waals surface area contributed by atoms with E-state index in [2.05, 4.69) is 13.0 Å². The van der Waals surface area contributed by atoms with Gasteiger partial charge >= 0.3 is 5.97 Å². The lowest BCUT2D eigenvalue weighted by Gasteiger charge is -2.26. The van der Waals surface area contributed by atoms with Crippen LogP contribution < -0.4 is 24.7 Å². The number of rotatable bonds is 8. The Morgan fingerprint density at radius 3 is 2.29 bits per heavy atom. The van der Waals surface area contributed by atoms with Gasteiger partial charge in [0.05, 0.1) is 12.5 Å². The number of esters is 1. The van der Waals surface area contributed by atoms with Gasteiger partial charge in [0, 0.05) is 11.6 Å². The Bertz CT molecular complexity index is 1270. The van der Waals surface area contributed by atoms with Crippen molar-refractivity contribution in [2.75, 3.05) is 13.2 Å². The van der Waals surface area contributed by atoms with Crippen molar-refractivity contribution in [1.82, 2.24) is 0 Å². The number of ether oxygens (including phenoxy) is 4. The maximum absolute atomic E-state index is 12.3. The topological polar surface area (TPSA) is 104 Å². The van der Waals surface area contributed by atoms with Crippen LogP contribution in [0.3, 0.4) is 0 Å². The second-order valence-corrected chi connectivity index (χ2v) is 7.89. The second-order valence-electron chi connectivity index (χ2n) is 7.89. The fourth-order valence-corrected chi connectivity index (χ4v) is 3.89. The van der Waals surface area contributed by atoms with Crippen molar-refractivity contribution in [2.24, 2.45) is 5.73 Å². The van der Waals surface area contributed by atoms with Gasteiger partial charge in [-0.15, -0.1) is 0 Å². The highest BCUT2D eigenvalue weighted by Gasteiger charge is 2.31. The van der Waals surface area contributed by atoms with Crippen LogP contribution in [0.25, 0.3) is 0 Å². The molecule has 7 heteroatoms. The standard InChI is InChI=1S/C28H26N2O5/c1-3-18-5-9-21(10-6-18)33-17-26(31)34-22-13-14-23-25(15-22)35-28(30)24(16-29)27(23)19-7-11-20(12-8-19)32-4-2/h5-15,27H,3-4,17,30H2,1-2H3. The van der Waals surface area contributed by atoms with Crippen molar-refractivity contribution in [3.05, 3.63) is 94.9 Å². The molecule has 1 unspecified atom stereocenters. The second kappa shape index (κ2) is 10.7. The van der Waals surface area contributed by atoms with E-state index in [1.807, 2.05) is 55.5 Å². The van der Waals surface area contributed by atoms with Gasteiger partial charge in [0.2, 0.25) is 5.88 Å². The van der Waals surface area contributed by atoms with Crippen LogP contribution in [0.1, 0.15) is 36.5 Å². The molecule has 178 valence electrons. The zero-order valence-electron chi connectivity index (χ0n) is 19.6. The van der Waals surface area contributed by atoms with Gasteiger partial charge in [0.25, 0.3) is 0 Å². The number of allylic oxidation sites excluding steroid dienone is 1. The molecule has 0 amide bonds. The Morgan fingerprint density at radius 1 is 0.971 bits per heavy atom. The molecule has 0 bridgehead atoms. The normalized spacial score (nSPS) is 14.4. The largest absolute Gasteiger partial charge is 0.494 e. The minimum Gasteiger partial charge on any atom is -0.494 e. The maximum atomic E-state index is 12.3. The summed E-state index contributed by atoms with van der Waals surface area (Å²) in [6.07, 6.45) is 0.928. The minimum atomic E-state index is -0.551. The first kappa shape index (κ1) is 23.7. The summed E-state index contributed by atoms with van der Waals surface area (Å²) in [5.41, 5.74) is 9.18. The van der Waals surface area contributed by atoms with Crippen molar-refractivity contribution < 1.29 is 23.7 Å². The number of fused-ring (bicyclic) bond motifs is 1. The number of nitriles is 1. The van der Waals surface area contributed by atoms with Gasteiger partial charge in [-0.1, -0.05) is 37.3 Å². The van der Waals surface area contributed by atoms with E-state index in [4.69, 9.17) is 24.7 Å². The van der Waals surface area contributed by atoms with E-state index in [-0.39, 0.29) is 18.2 Å². The highest BCUT2D eigenvalue weighted by Crippen LogP contribution is 2.43. The summed E-state index contributed by atoms with van der Waals surface area (Å²) in [4.78, 5) is 12.3. The number of benzene rings is 3. The van der Waals surface area contributed by atoms with E-state index in [0.29, 0.717) is 23.7 Å². The predicted octanol–water partition coefficient (Wildman–Crippen LogP) is 4.85. The van der Waals surface area contributed by atoms with Gasteiger partial charge in [0.15, 0.2) is 6.61 Å². The van der Waals surface area contributed by atoms with E-state index < -0.39 is 11.9 Å². The average molecular weight is 471 g/mol. The molecular formula is C28H26N2O5. The summed E-state index contributed by atoms with van der Waals surface area (Å²) in [5, 5.41) is 9.74. The molecule has 0 fully saturated rings. The molecule has 2 N–H and O–H groups in total. The first-order valence-electron chi connectivity index (χ1n) is 11.4. The van der Waals surface area contributed by atoms with Crippen molar-refractivity contribution in [2.45, 2.75) is 26.2 Å². The number of carbonyl (C=O) groups is 1. The summed E-state index contributed by atoms with van der Waals surface area (Å²) < 4.78 is 22.2. The molecule has 3 aromatic rings. The van der Waals surface area contributed by atoms with Crippen molar-refractivity contribution >= 4 is 5.97 Å². The molecule has 1 aliphatic rings. The van der Waals surface area contributed by atoms with Gasteiger partial charge in [-0.25, -0.2) is 4.79 Å². The van der Waals surface area contributed by atoms with Crippen LogP contribution in [-0.4, -0.2) is 19.2 Å². The zero-order valence-corrected chi connectivity index (χ0v) is 19.6. The van der Waals surface area contributed by atoms with Gasteiger partial charge in [0.1, 0.15) is 34.6 Å². The van der Waals surface area contributed by atoms with Gasteiger partial charge in [-0.2, -0.15) is 5.26 Å². The third-order valence-corrected chi connectivity index (χ3v) is 5.63. The zero-order chi connectivity index (χ0) is 24.8. The number of carbonyl (C=O) groups excluding carboxylic acids is 1. The molecule has 0 radical (unpaired) electrons. The van der Waals surface area contributed by atoms with Crippen LogP contribution in [-0.2, 0) is 11.2 Å². The number of nitrogens with zero attached hydrogens (tertiary/aromatic N) is 1. The summed E-state index contributed by atoms with van der Waals surface area (Å²) in [6, 6.07) is 22.2. The molecule has 3 aromatic carbocycles. The fourth-order valence-electron chi connectivity index (χ4n) is 3.89. The maximum Gasteiger partial charge on any atom is 0.349 e. The Hall–Kier alpha value is -4.44. The highest BCUT2D eigenvalue weighted by molar-refractivity contribution is 5.74. The van der Waals surface area contributed by atoms with Crippen LogP contribution in [0.2, 0.25) is 0 Å². The molecule has 4 rings (SSSR count).